The predicted molar refractivity (Wildman–Crippen MR) is 54.9 cm³/mol. The van der Waals surface area contributed by atoms with Crippen LogP contribution in [0.2, 0.25) is 0 Å². The molecule has 1 amide bonds. The van der Waals surface area contributed by atoms with Crippen molar-refractivity contribution in [1.82, 2.24) is 0 Å². The number of carbonyl (C=O) groups is 1. The van der Waals surface area contributed by atoms with Crippen molar-refractivity contribution in [3.8, 4) is 6.07 Å². The lowest BCUT2D eigenvalue weighted by molar-refractivity contribution is -0.115. The van der Waals surface area contributed by atoms with E-state index in [9.17, 15) is 9.18 Å². The van der Waals surface area contributed by atoms with Gasteiger partial charge in [-0.25, -0.2) is 4.39 Å². The largest absolute Gasteiger partial charge is 0.322 e. The number of hydrogen-bond acceptors (Lipinski definition) is 3. The molecule has 15 heavy (non-hydrogen) atoms. The van der Waals surface area contributed by atoms with Gasteiger partial charge in [-0.1, -0.05) is 6.07 Å². The van der Waals surface area contributed by atoms with E-state index < -0.39 is 11.1 Å². The van der Waals surface area contributed by atoms with Crippen LogP contribution in [0.4, 0.5) is 10.1 Å². The molecule has 1 heterocycles. The van der Waals surface area contributed by atoms with Crippen LogP contribution in [0.3, 0.4) is 0 Å². The minimum absolute atomic E-state index is 0.131. The maximum atomic E-state index is 13.3. The number of para-hydroxylation sites is 1. The Morgan fingerprint density at radius 3 is 3.13 bits per heavy atom. The molecular formula is C10H7FN2OS. The summed E-state index contributed by atoms with van der Waals surface area (Å²) < 4.78 is 13.3. The molecule has 0 fully saturated rings. The average molecular weight is 222 g/mol. The van der Waals surface area contributed by atoms with E-state index in [4.69, 9.17) is 5.26 Å². The van der Waals surface area contributed by atoms with E-state index in [0.717, 1.165) is 0 Å². The molecule has 0 spiro atoms. The third-order valence-electron chi connectivity index (χ3n) is 2.06. The van der Waals surface area contributed by atoms with E-state index in [2.05, 4.69) is 5.32 Å². The Bertz CT molecular complexity index is 455. The number of thioether (sulfide) groups is 1. The molecule has 1 unspecified atom stereocenters. The Morgan fingerprint density at radius 2 is 2.40 bits per heavy atom. The highest BCUT2D eigenvalue weighted by Crippen LogP contribution is 2.37. The summed E-state index contributed by atoms with van der Waals surface area (Å²) >= 11 is 1.23. The molecule has 1 aromatic rings. The number of nitrogens with zero attached hydrogens (tertiary/aromatic N) is 1. The molecule has 0 saturated carbocycles. The molecule has 1 N–H and O–H groups in total. The Kier molecular flexibility index (Phi) is 2.60. The lowest BCUT2D eigenvalue weighted by atomic mass is 10.2. The number of amides is 1. The zero-order valence-electron chi connectivity index (χ0n) is 7.66. The van der Waals surface area contributed by atoms with Crippen LogP contribution in [0.1, 0.15) is 6.42 Å². The fourth-order valence-corrected chi connectivity index (χ4v) is 2.41. The molecule has 1 aliphatic heterocycles. The maximum Gasteiger partial charge on any atom is 0.239 e. The molecule has 1 aromatic carbocycles. The minimum Gasteiger partial charge on any atom is -0.322 e. The van der Waals surface area contributed by atoms with Crippen molar-refractivity contribution in [1.29, 1.82) is 5.26 Å². The zero-order valence-corrected chi connectivity index (χ0v) is 8.47. The van der Waals surface area contributed by atoms with Gasteiger partial charge in [-0.05, 0) is 12.1 Å². The third kappa shape index (κ3) is 1.81. The van der Waals surface area contributed by atoms with E-state index in [1.807, 2.05) is 6.07 Å². The molecule has 0 saturated heterocycles. The van der Waals surface area contributed by atoms with Crippen LogP contribution in [-0.4, -0.2) is 11.2 Å². The molecule has 0 radical (unpaired) electrons. The van der Waals surface area contributed by atoms with Gasteiger partial charge in [-0.3, -0.25) is 4.79 Å². The normalized spacial score (nSPS) is 18.9. The zero-order chi connectivity index (χ0) is 10.8. The van der Waals surface area contributed by atoms with Crippen molar-refractivity contribution >= 4 is 23.4 Å². The fraction of sp³-hybridized carbons (Fsp3) is 0.200. The smallest absolute Gasteiger partial charge is 0.239 e. The summed E-state index contributed by atoms with van der Waals surface area (Å²) in [7, 11) is 0. The lowest BCUT2D eigenvalue weighted by Gasteiger charge is -2.22. The standard InChI is InChI=1S/C10H7FN2OS/c11-6-2-1-3-7-9(6)13-10(14)8(15-7)4-5-12/h1-3,8H,4H2,(H,13,14). The number of carbonyl (C=O) groups excluding carboxylic acids is 1. The second kappa shape index (κ2) is 3.91. The van der Waals surface area contributed by atoms with Crippen molar-refractivity contribution in [2.75, 3.05) is 5.32 Å². The van der Waals surface area contributed by atoms with E-state index in [-0.39, 0.29) is 18.0 Å². The van der Waals surface area contributed by atoms with E-state index >= 15 is 0 Å². The van der Waals surface area contributed by atoms with E-state index in [1.165, 1.54) is 17.8 Å². The molecule has 2 rings (SSSR count). The number of nitrogens with one attached hydrogen (secondary N) is 1. The summed E-state index contributed by atoms with van der Waals surface area (Å²) in [5.41, 5.74) is 0.224. The van der Waals surface area contributed by atoms with Gasteiger partial charge in [-0.15, -0.1) is 11.8 Å². The summed E-state index contributed by atoms with van der Waals surface area (Å²) in [6, 6.07) is 6.55. The number of fused-ring (bicyclic) bond motifs is 1. The number of benzene rings is 1. The van der Waals surface area contributed by atoms with Crippen molar-refractivity contribution in [3.05, 3.63) is 24.0 Å². The van der Waals surface area contributed by atoms with Crippen LogP contribution in [-0.2, 0) is 4.79 Å². The topological polar surface area (TPSA) is 52.9 Å². The van der Waals surface area contributed by atoms with Gasteiger partial charge in [-0.2, -0.15) is 5.26 Å². The van der Waals surface area contributed by atoms with Crippen molar-refractivity contribution < 1.29 is 9.18 Å². The molecule has 0 bridgehead atoms. The van der Waals surface area contributed by atoms with Gasteiger partial charge in [0.1, 0.15) is 11.1 Å². The summed E-state index contributed by atoms with van der Waals surface area (Å²) in [4.78, 5) is 12.1. The Balaban J connectivity index is 2.35. The summed E-state index contributed by atoms with van der Waals surface area (Å²) in [6.07, 6.45) is 0.131. The summed E-state index contributed by atoms with van der Waals surface area (Å²) in [6.45, 7) is 0. The monoisotopic (exact) mass is 222 g/mol. The number of halogens is 1. The summed E-state index contributed by atoms with van der Waals surface area (Å²) in [5, 5.41) is 10.6. The van der Waals surface area contributed by atoms with Gasteiger partial charge in [0.25, 0.3) is 0 Å². The van der Waals surface area contributed by atoms with Crippen LogP contribution >= 0.6 is 11.8 Å². The van der Waals surface area contributed by atoms with Crippen LogP contribution in [0.5, 0.6) is 0 Å². The highest BCUT2D eigenvalue weighted by molar-refractivity contribution is 8.01. The highest BCUT2D eigenvalue weighted by atomic mass is 32.2. The average Bonchev–Trinajstić information content (AvgIpc) is 2.21. The van der Waals surface area contributed by atoms with Gasteiger partial charge >= 0.3 is 0 Å². The second-order valence-corrected chi connectivity index (χ2v) is 4.32. The number of rotatable bonds is 1. The first-order valence-corrected chi connectivity index (χ1v) is 5.23. The fourth-order valence-electron chi connectivity index (χ4n) is 1.35. The van der Waals surface area contributed by atoms with Crippen molar-refractivity contribution in [2.45, 2.75) is 16.6 Å². The van der Waals surface area contributed by atoms with Crippen molar-refractivity contribution in [2.24, 2.45) is 0 Å². The van der Waals surface area contributed by atoms with Crippen LogP contribution in [0.15, 0.2) is 23.1 Å². The van der Waals surface area contributed by atoms with E-state index in [1.54, 1.807) is 12.1 Å². The molecule has 0 aromatic heterocycles. The Hall–Kier alpha value is -1.54. The predicted octanol–water partition coefficient (Wildman–Crippen LogP) is 2.15. The van der Waals surface area contributed by atoms with Gasteiger partial charge < -0.3 is 5.32 Å². The van der Waals surface area contributed by atoms with Crippen LogP contribution < -0.4 is 5.32 Å². The molecule has 0 aliphatic carbocycles. The second-order valence-electron chi connectivity index (χ2n) is 3.07. The van der Waals surface area contributed by atoms with Crippen LogP contribution in [0, 0.1) is 17.1 Å². The molecular weight excluding hydrogens is 215 g/mol. The number of anilines is 1. The lowest BCUT2D eigenvalue weighted by Crippen LogP contribution is -2.29. The van der Waals surface area contributed by atoms with Gasteiger partial charge in [0.05, 0.1) is 18.2 Å². The van der Waals surface area contributed by atoms with Crippen molar-refractivity contribution in [3.63, 3.8) is 0 Å². The Labute approximate surface area is 90.3 Å². The number of hydrogen-bond donors (Lipinski definition) is 1. The summed E-state index contributed by atoms with van der Waals surface area (Å²) in [5.74, 6) is -0.747. The molecule has 3 nitrogen and oxygen atoms in total. The molecule has 1 aliphatic rings. The SMILES string of the molecule is N#CCC1Sc2cccc(F)c2NC1=O. The quantitative estimate of drug-likeness (QED) is 0.792. The van der Waals surface area contributed by atoms with Crippen LogP contribution in [0.25, 0.3) is 0 Å². The first-order valence-electron chi connectivity index (χ1n) is 4.35. The molecule has 1 atom stereocenters. The molecule has 5 heteroatoms. The first kappa shape index (κ1) is 9.99. The first-order chi connectivity index (χ1) is 7.22. The van der Waals surface area contributed by atoms with Gasteiger partial charge in [0.15, 0.2) is 0 Å². The third-order valence-corrected chi connectivity index (χ3v) is 3.32. The van der Waals surface area contributed by atoms with Gasteiger partial charge in [0, 0.05) is 4.90 Å². The number of nitriles is 1. The Morgan fingerprint density at radius 1 is 1.60 bits per heavy atom. The highest BCUT2D eigenvalue weighted by Gasteiger charge is 2.28. The van der Waals surface area contributed by atoms with E-state index in [0.29, 0.717) is 4.90 Å². The maximum absolute atomic E-state index is 13.3. The van der Waals surface area contributed by atoms with Gasteiger partial charge in [0.2, 0.25) is 5.91 Å². The molecule has 76 valence electrons. The minimum atomic E-state index is -0.441.